The molecule has 32 heavy (non-hydrogen) atoms. The molecule has 1 unspecified atom stereocenters. The molecular weight excluding hydrogens is 404 g/mol. The highest BCUT2D eigenvalue weighted by atomic mass is 16.5. The van der Waals surface area contributed by atoms with E-state index in [0.29, 0.717) is 18.3 Å². The lowest BCUT2D eigenvalue weighted by molar-refractivity contribution is 0.0760. The predicted octanol–water partition coefficient (Wildman–Crippen LogP) is 3.70. The van der Waals surface area contributed by atoms with Gasteiger partial charge in [-0.3, -0.25) is 9.69 Å². The number of hydrogen-bond acceptors (Lipinski definition) is 6. The Hall–Kier alpha value is -2.22. The number of aromatic nitrogens is 4. The lowest BCUT2D eigenvalue weighted by Gasteiger charge is -2.29. The second-order valence-electron chi connectivity index (χ2n) is 10.5. The van der Waals surface area contributed by atoms with Gasteiger partial charge >= 0.3 is 0 Å². The number of piperidine rings is 1. The molecule has 2 aliphatic carbocycles. The summed E-state index contributed by atoms with van der Waals surface area (Å²) in [5, 5.41) is 13.1. The molecule has 8 heteroatoms. The Morgan fingerprint density at radius 2 is 1.94 bits per heavy atom. The van der Waals surface area contributed by atoms with Crippen molar-refractivity contribution in [3.05, 3.63) is 29.2 Å². The van der Waals surface area contributed by atoms with Crippen molar-refractivity contribution in [3.63, 3.8) is 0 Å². The Morgan fingerprint density at radius 1 is 1.16 bits per heavy atom. The highest BCUT2D eigenvalue weighted by molar-refractivity contribution is 5.94. The van der Waals surface area contributed by atoms with Crippen molar-refractivity contribution in [2.75, 3.05) is 26.2 Å². The quantitative estimate of drug-likeness (QED) is 0.708. The Morgan fingerprint density at radius 3 is 2.69 bits per heavy atom. The van der Waals surface area contributed by atoms with E-state index < -0.39 is 0 Å². The third-order valence-corrected chi connectivity index (χ3v) is 8.40. The van der Waals surface area contributed by atoms with Crippen molar-refractivity contribution in [1.29, 1.82) is 0 Å². The van der Waals surface area contributed by atoms with Gasteiger partial charge in [-0.2, -0.15) is 0 Å². The van der Waals surface area contributed by atoms with Crippen LogP contribution >= 0.6 is 0 Å². The summed E-state index contributed by atoms with van der Waals surface area (Å²) in [6.07, 6.45) is 12.9. The smallest absolute Gasteiger partial charge is 0.276 e. The molecule has 2 saturated heterocycles. The average Bonchev–Trinajstić information content (AvgIpc) is 3.16. The molecule has 1 spiro atoms. The van der Waals surface area contributed by atoms with Crippen LogP contribution in [0.4, 0.5) is 0 Å². The van der Waals surface area contributed by atoms with E-state index in [2.05, 4.69) is 24.8 Å². The standard InChI is InChI=1S/C24H34N6O2/c1-17-19(13-28-11-5-2-6-12-28)21(27-32-17)23(31)29-14-20(24(15-29)9-3-4-10-24)22-26-25-16-30(22)18-7-8-18/h16,18,20H,2-15H2,1H3. The fourth-order valence-corrected chi connectivity index (χ4v) is 6.44. The highest BCUT2D eigenvalue weighted by Crippen LogP contribution is 2.54. The van der Waals surface area contributed by atoms with E-state index in [-0.39, 0.29) is 17.2 Å². The van der Waals surface area contributed by atoms with E-state index in [9.17, 15) is 4.79 Å². The van der Waals surface area contributed by atoms with Crippen LogP contribution in [0.5, 0.6) is 0 Å². The van der Waals surface area contributed by atoms with Gasteiger partial charge in [-0.25, -0.2) is 0 Å². The maximum atomic E-state index is 13.8. The minimum Gasteiger partial charge on any atom is -0.361 e. The number of likely N-dealkylation sites (tertiary alicyclic amines) is 2. The topological polar surface area (TPSA) is 80.3 Å². The summed E-state index contributed by atoms with van der Waals surface area (Å²) in [7, 11) is 0. The van der Waals surface area contributed by atoms with Crippen LogP contribution in [0.1, 0.15) is 97.4 Å². The van der Waals surface area contributed by atoms with Crippen LogP contribution in [-0.2, 0) is 6.54 Å². The van der Waals surface area contributed by atoms with Crippen LogP contribution in [0.3, 0.4) is 0 Å². The molecular formula is C24H34N6O2. The van der Waals surface area contributed by atoms with Crippen LogP contribution in [0.25, 0.3) is 0 Å². The summed E-state index contributed by atoms with van der Waals surface area (Å²) in [5.41, 5.74) is 1.62. The zero-order valence-electron chi connectivity index (χ0n) is 19.1. The average molecular weight is 439 g/mol. The maximum Gasteiger partial charge on any atom is 0.276 e. The summed E-state index contributed by atoms with van der Waals surface area (Å²) in [5.74, 6) is 2.16. The summed E-state index contributed by atoms with van der Waals surface area (Å²) < 4.78 is 7.83. The van der Waals surface area contributed by atoms with Crippen LogP contribution in [-0.4, -0.2) is 61.8 Å². The largest absolute Gasteiger partial charge is 0.361 e. The molecule has 4 heterocycles. The van der Waals surface area contributed by atoms with Crippen LogP contribution < -0.4 is 0 Å². The monoisotopic (exact) mass is 438 g/mol. The third-order valence-electron chi connectivity index (χ3n) is 8.40. The van der Waals surface area contributed by atoms with Crippen LogP contribution in [0.15, 0.2) is 10.9 Å². The molecule has 2 aliphatic heterocycles. The number of carbonyl (C=O) groups excluding carboxylic acids is 1. The van der Waals surface area contributed by atoms with Gasteiger partial charge in [-0.05, 0) is 64.0 Å². The lowest BCUT2D eigenvalue weighted by atomic mass is 9.76. The van der Waals surface area contributed by atoms with E-state index in [4.69, 9.17) is 4.52 Å². The third kappa shape index (κ3) is 3.47. The Kier molecular flexibility index (Phi) is 5.08. The fourth-order valence-electron chi connectivity index (χ4n) is 6.44. The molecule has 1 amide bonds. The number of aryl methyl sites for hydroxylation is 1. The van der Waals surface area contributed by atoms with Crippen molar-refractivity contribution in [2.45, 2.75) is 83.2 Å². The normalized spacial score (nSPS) is 25.8. The number of carbonyl (C=O) groups is 1. The van der Waals surface area contributed by atoms with Gasteiger partial charge in [0, 0.05) is 37.2 Å². The second kappa shape index (κ2) is 7.97. The summed E-state index contributed by atoms with van der Waals surface area (Å²) in [6, 6.07) is 0.553. The number of rotatable bonds is 5. The van der Waals surface area contributed by atoms with Crippen molar-refractivity contribution in [2.24, 2.45) is 5.41 Å². The predicted molar refractivity (Wildman–Crippen MR) is 118 cm³/mol. The van der Waals surface area contributed by atoms with Crippen molar-refractivity contribution in [1.82, 2.24) is 29.7 Å². The molecule has 6 rings (SSSR count). The van der Waals surface area contributed by atoms with Gasteiger partial charge in [-0.1, -0.05) is 24.4 Å². The van der Waals surface area contributed by atoms with E-state index >= 15 is 0 Å². The first kappa shape index (κ1) is 20.4. The SMILES string of the molecule is Cc1onc(C(=O)N2CC(c3nncn3C3CC3)C3(CCCC3)C2)c1CN1CCCCC1. The van der Waals surface area contributed by atoms with Gasteiger partial charge in [0.2, 0.25) is 0 Å². The van der Waals surface area contributed by atoms with Crippen molar-refractivity contribution >= 4 is 5.91 Å². The molecule has 8 nitrogen and oxygen atoms in total. The van der Waals surface area contributed by atoms with E-state index in [0.717, 1.165) is 56.2 Å². The maximum absolute atomic E-state index is 13.8. The van der Waals surface area contributed by atoms with Gasteiger partial charge < -0.3 is 14.0 Å². The minimum atomic E-state index is 0.0279. The van der Waals surface area contributed by atoms with Crippen LogP contribution in [0, 0.1) is 12.3 Å². The fraction of sp³-hybridized carbons (Fsp3) is 0.750. The molecule has 0 aromatic carbocycles. The molecule has 4 fully saturated rings. The van der Waals surface area contributed by atoms with Gasteiger partial charge in [-0.15, -0.1) is 10.2 Å². The van der Waals surface area contributed by atoms with Gasteiger partial charge in [0.05, 0.1) is 0 Å². The minimum absolute atomic E-state index is 0.0279. The molecule has 2 saturated carbocycles. The van der Waals surface area contributed by atoms with Crippen LogP contribution in [0.2, 0.25) is 0 Å². The van der Waals surface area contributed by atoms with Gasteiger partial charge in [0.25, 0.3) is 5.91 Å². The first-order valence-electron chi connectivity index (χ1n) is 12.5. The zero-order valence-corrected chi connectivity index (χ0v) is 19.1. The molecule has 2 aromatic heterocycles. The Labute approximate surface area is 189 Å². The molecule has 2 aromatic rings. The van der Waals surface area contributed by atoms with Gasteiger partial charge in [0.1, 0.15) is 17.9 Å². The summed E-state index contributed by atoms with van der Waals surface area (Å²) in [4.78, 5) is 18.2. The number of nitrogens with zero attached hydrogens (tertiary/aromatic N) is 6. The molecule has 4 aliphatic rings. The molecule has 0 N–H and O–H groups in total. The first-order chi connectivity index (χ1) is 15.6. The van der Waals surface area contributed by atoms with Crippen molar-refractivity contribution in [3.8, 4) is 0 Å². The van der Waals surface area contributed by atoms with E-state index in [1.807, 2.05) is 18.2 Å². The lowest BCUT2D eigenvalue weighted by Crippen LogP contribution is -2.33. The number of hydrogen-bond donors (Lipinski definition) is 0. The zero-order chi connectivity index (χ0) is 21.7. The van der Waals surface area contributed by atoms with E-state index in [1.54, 1.807) is 0 Å². The van der Waals surface area contributed by atoms with Crippen molar-refractivity contribution < 1.29 is 9.32 Å². The number of amides is 1. The summed E-state index contributed by atoms with van der Waals surface area (Å²) >= 11 is 0. The van der Waals surface area contributed by atoms with Gasteiger partial charge in [0.15, 0.2) is 5.69 Å². The Bertz CT molecular complexity index is 981. The Balaban J connectivity index is 1.27. The molecule has 172 valence electrons. The molecule has 0 bridgehead atoms. The first-order valence-corrected chi connectivity index (χ1v) is 12.5. The van der Waals surface area contributed by atoms with E-state index in [1.165, 1.54) is 44.9 Å². The molecule has 0 radical (unpaired) electrons. The summed E-state index contributed by atoms with van der Waals surface area (Å²) in [6.45, 7) is 6.37. The second-order valence-corrected chi connectivity index (χ2v) is 10.5. The highest BCUT2D eigenvalue weighted by Gasteiger charge is 2.52. The molecule has 1 atom stereocenters.